The van der Waals surface area contributed by atoms with Crippen molar-refractivity contribution in [2.75, 3.05) is 20.2 Å². The number of carbonyl (C=O) groups is 1. The van der Waals surface area contributed by atoms with Crippen LogP contribution in [-0.4, -0.2) is 37.0 Å². The molecule has 1 N–H and O–H groups in total. The molecule has 0 aromatic heterocycles. The van der Waals surface area contributed by atoms with Crippen LogP contribution in [0.2, 0.25) is 0 Å². The maximum absolute atomic E-state index is 12.9. The van der Waals surface area contributed by atoms with Gasteiger partial charge in [0.2, 0.25) is 5.91 Å². The number of nitrogens with one attached hydrogen (secondary N) is 1. The molecule has 1 amide bonds. The van der Waals surface area contributed by atoms with Crippen molar-refractivity contribution in [3.05, 3.63) is 29.3 Å². The maximum atomic E-state index is 12.9. The monoisotopic (exact) mass is 352 g/mol. The number of rotatable bonds is 6. The summed E-state index contributed by atoms with van der Waals surface area (Å²) in [6.45, 7) is 4.27. The van der Waals surface area contributed by atoms with Gasteiger partial charge in [-0.2, -0.15) is 0 Å². The van der Waals surface area contributed by atoms with E-state index in [9.17, 15) is 4.79 Å². The van der Waals surface area contributed by atoms with Gasteiger partial charge in [0.15, 0.2) is 0 Å². The van der Waals surface area contributed by atoms with E-state index in [1.54, 1.807) is 0 Å². The van der Waals surface area contributed by atoms with Crippen LogP contribution in [0.3, 0.4) is 0 Å². The Morgan fingerprint density at radius 3 is 2.83 bits per heavy atom. The number of hydrogen-bond acceptors (Lipinski definition) is 3. The number of ether oxygens (including phenoxy) is 1. The highest BCUT2D eigenvalue weighted by Gasteiger charge is 2.29. The van der Waals surface area contributed by atoms with Crippen molar-refractivity contribution in [3.63, 3.8) is 0 Å². The first-order chi connectivity index (χ1) is 11.2. The summed E-state index contributed by atoms with van der Waals surface area (Å²) in [4.78, 5) is 15.1. The van der Waals surface area contributed by atoms with Gasteiger partial charge >= 0.3 is 0 Å². The number of fused-ring (bicyclic) bond motifs is 1. The Labute approximate surface area is 151 Å². The average molecular weight is 353 g/mol. The largest absolute Gasteiger partial charge is 0.493 e. The smallest absolute Gasteiger partial charge is 0.227 e. The molecule has 1 aromatic carbocycles. The zero-order valence-corrected chi connectivity index (χ0v) is 15.5. The summed E-state index contributed by atoms with van der Waals surface area (Å²) in [6.07, 6.45) is 5.76. The van der Waals surface area contributed by atoms with Gasteiger partial charge in [-0.1, -0.05) is 31.9 Å². The molecular formula is C19H29ClN2O2. The van der Waals surface area contributed by atoms with Crippen molar-refractivity contribution in [3.8, 4) is 5.75 Å². The summed E-state index contributed by atoms with van der Waals surface area (Å²) in [5.74, 6) is 1.32. The number of halogens is 1. The van der Waals surface area contributed by atoms with E-state index in [1.165, 1.54) is 24.0 Å². The first-order valence-corrected chi connectivity index (χ1v) is 8.88. The zero-order chi connectivity index (χ0) is 16.2. The second-order valence-electron chi connectivity index (χ2n) is 6.90. The molecule has 5 heteroatoms. The van der Waals surface area contributed by atoms with Crippen molar-refractivity contribution in [2.45, 2.75) is 51.6 Å². The minimum atomic E-state index is 0. The van der Waals surface area contributed by atoms with Gasteiger partial charge in [0.1, 0.15) is 5.75 Å². The van der Waals surface area contributed by atoms with Crippen LogP contribution in [0.5, 0.6) is 5.75 Å². The lowest BCUT2D eigenvalue weighted by molar-refractivity contribution is -0.137. The van der Waals surface area contributed by atoms with Gasteiger partial charge in [0.25, 0.3) is 0 Å². The van der Waals surface area contributed by atoms with Crippen molar-refractivity contribution in [1.29, 1.82) is 0 Å². The first-order valence-electron chi connectivity index (χ1n) is 8.88. The average Bonchev–Trinajstić information content (AvgIpc) is 3.23. The van der Waals surface area contributed by atoms with E-state index in [0.29, 0.717) is 6.04 Å². The van der Waals surface area contributed by atoms with E-state index in [0.717, 1.165) is 44.7 Å². The highest BCUT2D eigenvalue weighted by molar-refractivity contribution is 5.85. The molecule has 1 fully saturated rings. The Hall–Kier alpha value is -1.26. The molecule has 4 nitrogen and oxygen atoms in total. The third-order valence-electron chi connectivity index (χ3n) is 5.09. The van der Waals surface area contributed by atoms with Crippen LogP contribution >= 0.6 is 12.4 Å². The SMILES string of the molecule is CNCC(C)C(=O)N(Cc1ccc2c(c1)CCO2)C1CCCC1.Cl. The number of carbonyl (C=O) groups excluding carboxylic acids is 1. The Morgan fingerprint density at radius 1 is 1.38 bits per heavy atom. The van der Waals surface area contributed by atoms with E-state index in [-0.39, 0.29) is 24.2 Å². The van der Waals surface area contributed by atoms with Crippen LogP contribution in [0.15, 0.2) is 18.2 Å². The molecule has 1 aliphatic carbocycles. The zero-order valence-electron chi connectivity index (χ0n) is 14.7. The molecule has 3 rings (SSSR count). The predicted molar refractivity (Wildman–Crippen MR) is 98.8 cm³/mol. The Balaban J connectivity index is 0.00000208. The molecule has 1 aromatic rings. The second kappa shape index (κ2) is 8.72. The molecule has 1 unspecified atom stereocenters. The Morgan fingerprint density at radius 2 is 2.12 bits per heavy atom. The van der Waals surface area contributed by atoms with E-state index < -0.39 is 0 Å². The quantitative estimate of drug-likeness (QED) is 0.855. The summed E-state index contributed by atoms with van der Waals surface area (Å²) in [7, 11) is 1.91. The maximum Gasteiger partial charge on any atom is 0.227 e. The van der Waals surface area contributed by atoms with E-state index >= 15 is 0 Å². The molecule has 0 radical (unpaired) electrons. The van der Waals surface area contributed by atoms with E-state index in [4.69, 9.17) is 4.74 Å². The number of hydrogen-bond donors (Lipinski definition) is 1. The predicted octanol–water partition coefficient (Wildman–Crippen LogP) is 3.17. The van der Waals surface area contributed by atoms with Crippen molar-refractivity contribution in [2.24, 2.45) is 5.92 Å². The molecular weight excluding hydrogens is 324 g/mol. The highest BCUT2D eigenvalue weighted by atomic mass is 35.5. The minimum absolute atomic E-state index is 0. The third kappa shape index (κ3) is 4.22. The molecule has 1 heterocycles. The van der Waals surface area contributed by atoms with Crippen molar-refractivity contribution >= 4 is 18.3 Å². The van der Waals surface area contributed by atoms with Crippen molar-refractivity contribution < 1.29 is 9.53 Å². The van der Waals surface area contributed by atoms with Gasteiger partial charge in [-0.15, -0.1) is 12.4 Å². The molecule has 134 valence electrons. The van der Waals surface area contributed by atoms with Gasteiger partial charge in [0.05, 0.1) is 6.61 Å². The van der Waals surface area contributed by atoms with Crippen molar-refractivity contribution in [1.82, 2.24) is 10.2 Å². The van der Waals surface area contributed by atoms with Gasteiger partial charge in [-0.05, 0) is 37.1 Å². The molecule has 1 atom stereocenters. The van der Waals surface area contributed by atoms with Crippen LogP contribution in [0.25, 0.3) is 0 Å². The van der Waals surface area contributed by atoms with Gasteiger partial charge < -0.3 is 15.0 Å². The van der Waals surface area contributed by atoms with E-state index in [2.05, 4.69) is 28.4 Å². The number of nitrogens with zero attached hydrogens (tertiary/aromatic N) is 1. The topological polar surface area (TPSA) is 41.6 Å². The van der Waals surface area contributed by atoms with Crippen LogP contribution in [0.4, 0.5) is 0 Å². The summed E-state index contributed by atoms with van der Waals surface area (Å²) in [6, 6.07) is 6.81. The van der Waals surface area contributed by atoms with Gasteiger partial charge in [-0.3, -0.25) is 4.79 Å². The fourth-order valence-electron chi connectivity index (χ4n) is 3.81. The summed E-state index contributed by atoms with van der Waals surface area (Å²) in [5, 5.41) is 3.13. The lowest BCUT2D eigenvalue weighted by Crippen LogP contribution is -2.43. The summed E-state index contributed by atoms with van der Waals surface area (Å²) in [5.41, 5.74) is 2.51. The lowest BCUT2D eigenvalue weighted by atomic mass is 10.0. The third-order valence-corrected chi connectivity index (χ3v) is 5.09. The van der Waals surface area contributed by atoms with Crippen LogP contribution in [-0.2, 0) is 17.8 Å². The summed E-state index contributed by atoms with van der Waals surface area (Å²) >= 11 is 0. The molecule has 1 saturated carbocycles. The van der Waals surface area contributed by atoms with Gasteiger partial charge in [0, 0.05) is 31.5 Å². The van der Waals surface area contributed by atoms with E-state index in [1.807, 2.05) is 14.0 Å². The highest BCUT2D eigenvalue weighted by Crippen LogP contribution is 2.29. The molecule has 0 saturated heterocycles. The molecule has 1 aliphatic heterocycles. The minimum Gasteiger partial charge on any atom is -0.493 e. The number of amides is 1. The lowest BCUT2D eigenvalue weighted by Gasteiger charge is -2.31. The first kappa shape index (κ1) is 19.1. The van der Waals surface area contributed by atoms with Crippen LogP contribution < -0.4 is 10.1 Å². The fraction of sp³-hybridized carbons (Fsp3) is 0.632. The van der Waals surface area contributed by atoms with Crippen LogP contribution in [0.1, 0.15) is 43.7 Å². The standard InChI is InChI=1S/C19H28N2O2.ClH/c1-14(12-20-2)19(22)21(17-5-3-4-6-17)13-15-7-8-18-16(11-15)9-10-23-18;/h7-8,11,14,17,20H,3-6,9-10,12-13H2,1-2H3;1H. The van der Waals surface area contributed by atoms with Gasteiger partial charge in [-0.25, -0.2) is 0 Å². The molecule has 0 spiro atoms. The normalized spacial score (nSPS) is 17.8. The number of benzene rings is 1. The molecule has 0 bridgehead atoms. The Kier molecular flexibility index (Phi) is 6.93. The fourth-order valence-corrected chi connectivity index (χ4v) is 3.81. The summed E-state index contributed by atoms with van der Waals surface area (Å²) < 4.78 is 5.59. The Bertz CT molecular complexity index is 558. The molecule has 2 aliphatic rings. The second-order valence-corrected chi connectivity index (χ2v) is 6.90. The van der Waals surface area contributed by atoms with Crippen LogP contribution in [0, 0.1) is 5.92 Å². The molecule has 24 heavy (non-hydrogen) atoms.